The molecule has 0 heterocycles. The number of hydrogen-bond donors (Lipinski definition) is 3. The zero-order valence-electron chi connectivity index (χ0n) is 13.1. The van der Waals surface area contributed by atoms with E-state index in [0.29, 0.717) is 10.7 Å². The molecule has 0 saturated carbocycles. The Morgan fingerprint density at radius 1 is 1.16 bits per heavy atom. The molecule has 0 aromatic heterocycles. The van der Waals surface area contributed by atoms with Crippen LogP contribution in [0.5, 0.6) is 0 Å². The van der Waals surface area contributed by atoms with E-state index in [1.165, 1.54) is 6.20 Å². The predicted octanol–water partition coefficient (Wildman–Crippen LogP) is 2.57. The number of rotatable bonds is 6. The van der Waals surface area contributed by atoms with E-state index in [1.807, 2.05) is 6.07 Å². The first-order valence-electron chi connectivity index (χ1n) is 7.29. The van der Waals surface area contributed by atoms with Gasteiger partial charge in [0.2, 0.25) is 0 Å². The third kappa shape index (κ3) is 5.09. The van der Waals surface area contributed by atoms with Crippen LogP contribution >= 0.6 is 11.6 Å². The van der Waals surface area contributed by atoms with Crippen LogP contribution in [0.4, 0.5) is 5.69 Å². The quantitative estimate of drug-likeness (QED) is 0.547. The number of carbonyl (C=O) groups excluding carboxylic acids is 2. The van der Waals surface area contributed by atoms with E-state index in [-0.39, 0.29) is 17.7 Å². The van der Waals surface area contributed by atoms with Crippen LogP contribution in [0, 0.1) is 11.3 Å². The molecule has 0 aliphatic heterocycles. The second kappa shape index (κ2) is 8.52. The number of carbonyl (C=O) groups is 2. The number of nitrogens with zero attached hydrogens (tertiary/aromatic N) is 1. The zero-order valence-corrected chi connectivity index (χ0v) is 13.9. The number of primary amides is 1. The highest BCUT2D eigenvalue weighted by Gasteiger charge is 2.10. The predicted molar refractivity (Wildman–Crippen MR) is 95.6 cm³/mol. The normalized spacial score (nSPS) is 10.6. The molecule has 7 heteroatoms. The highest BCUT2D eigenvalue weighted by atomic mass is 35.5. The van der Waals surface area contributed by atoms with E-state index < -0.39 is 11.8 Å². The summed E-state index contributed by atoms with van der Waals surface area (Å²) in [6, 6.07) is 15.3. The molecule has 0 bridgehead atoms. The van der Waals surface area contributed by atoms with Crippen molar-refractivity contribution in [3.63, 3.8) is 0 Å². The molecule has 0 saturated heterocycles. The average molecular weight is 355 g/mol. The van der Waals surface area contributed by atoms with Crippen LogP contribution in [0.2, 0.25) is 5.02 Å². The molecule has 2 aromatic rings. The molecule has 0 fully saturated rings. The summed E-state index contributed by atoms with van der Waals surface area (Å²) in [5, 5.41) is 15.2. The number of nitrogens with one attached hydrogen (secondary N) is 2. The first-order valence-corrected chi connectivity index (χ1v) is 7.67. The Labute approximate surface area is 149 Å². The summed E-state index contributed by atoms with van der Waals surface area (Å²) >= 11 is 5.80. The average Bonchev–Trinajstić information content (AvgIpc) is 2.62. The van der Waals surface area contributed by atoms with Gasteiger partial charge in [0.15, 0.2) is 0 Å². The van der Waals surface area contributed by atoms with E-state index in [4.69, 9.17) is 22.6 Å². The van der Waals surface area contributed by atoms with Crippen molar-refractivity contribution in [3.8, 4) is 6.07 Å². The Kier molecular flexibility index (Phi) is 6.15. The fraction of sp³-hybridized carbons (Fsp3) is 0.0556. The van der Waals surface area contributed by atoms with Gasteiger partial charge in [-0.25, -0.2) is 0 Å². The fourth-order valence-corrected chi connectivity index (χ4v) is 2.13. The van der Waals surface area contributed by atoms with Crippen molar-refractivity contribution >= 4 is 29.1 Å². The maximum atomic E-state index is 12.1. The minimum atomic E-state index is -0.609. The highest BCUT2D eigenvalue weighted by Crippen LogP contribution is 2.14. The molecular weight excluding hydrogens is 340 g/mol. The Morgan fingerprint density at radius 2 is 1.84 bits per heavy atom. The second-order valence-corrected chi connectivity index (χ2v) is 5.47. The Hall–Kier alpha value is -3.30. The summed E-state index contributed by atoms with van der Waals surface area (Å²) in [5.74, 6) is -1.15. The van der Waals surface area contributed by atoms with E-state index in [9.17, 15) is 9.59 Å². The summed E-state index contributed by atoms with van der Waals surface area (Å²) in [4.78, 5) is 23.5. The lowest BCUT2D eigenvalue weighted by Crippen LogP contribution is -2.24. The van der Waals surface area contributed by atoms with Crippen molar-refractivity contribution in [1.29, 1.82) is 5.26 Å². The molecule has 6 nitrogen and oxygen atoms in total. The van der Waals surface area contributed by atoms with Gasteiger partial charge in [-0.2, -0.15) is 5.26 Å². The molecule has 2 amide bonds. The molecule has 0 aliphatic carbocycles. The molecule has 0 aliphatic rings. The number of hydrogen-bond acceptors (Lipinski definition) is 4. The van der Waals surface area contributed by atoms with Gasteiger partial charge < -0.3 is 16.4 Å². The molecule has 0 unspecified atom stereocenters. The molecule has 0 spiro atoms. The highest BCUT2D eigenvalue weighted by molar-refractivity contribution is 6.30. The minimum Gasteiger partial charge on any atom is -0.366 e. The van der Waals surface area contributed by atoms with Gasteiger partial charge in [-0.3, -0.25) is 9.59 Å². The molecule has 126 valence electrons. The van der Waals surface area contributed by atoms with Crippen LogP contribution in [0.15, 0.2) is 60.3 Å². The first-order chi connectivity index (χ1) is 12.0. The molecule has 4 N–H and O–H groups in total. The van der Waals surface area contributed by atoms with Gasteiger partial charge in [-0.05, 0) is 29.8 Å². The van der Waals surface area contributed by atoms with Crippen LogP contribution in [0.3, 0.4) is 0 Å². The summed E-state index contributed by atoms with van der Waals surface area (Å²) < 4.78 is 0. The Bertz CT molecular complexity index is 854. The summed E-state index contributed by atoms with van der Waals surface area (Å²) in [6.45, 7) is 0.257. The SMILES string of the molecule is N#C/C(=C/Nc1ccccc1C(N)=O)C(=O)NCc1ccc(Cl)cc1. The van der Waals surface area contributed by atoms with E-state index in [1.54, 1.807) is 48.5 Å². The molecule has 0 radical (unpaired) electrons. The van der Waals surface area contributed by atoms with E-state index in [2.05, 4.69) is 10.6 Å². The summed E-state index contributed by atoms with van der Waals surface area (Å²) in [6.07, 6.45) is 1.24. The van der Waals surface area contributed by atoms with Crippen molar-refractivity contribution < 1.29 is 9.59 Å². The fourth-order valence-electron chi connectivity index (χ4n) is 2.00. The number of para-hydroxylation sites is 1. The van der Waals surface area contributed by atoms with Crippen molar-refractivity contribution in [2.24, 2.45) is 5.73 Å². The lowest BCUT2D eigenvalue weighted by Gasteiger charge is -2.07. The zero-order chi connectivity index (χ0) is 18.2. The monoisotopic (exact) mass is 354 g/mol. The van der Waals surface area contributed by atoms with E-state index >= 15 is 0 Å². The van der Waals surface area contributed by atoms with Crippen molar-refractivity contribution in [2.75, 3.05) is 5.32 Å². The van der Waals surface area contributed by atoms with Crippen LogP contribution in [-0.4, -0.2) is 11.8 Å². The van der Waals surface area contributed by atoms with Gasteiger partial charge >= 0.3 is 0 Å². The van der Waals surface area contributed by atoms with Gasteiger partial charge in [0.1, 0.15) is 11.6 Å². The molecule has 0 atom stereocenters. The maximum Gasteiger partial charge on any atom is 0.263 e. The summed E-state index contributed by atoms with van der Waals surface area (Å²) in [5.41, 5.74) is 6.67. The number of halogens is 1. The van der Waals surface area contributed by atoms with Gasteiger partial charge in [0.05, 0.1) is 11.3 Å². The lowest BCUT2D eigenvalue weighted by atomic mass is 10.1. The van der Waals surface area contributed by atoms with Gasteiger partial charge in [-0.15, -0.1) is 0 Å². The number of nitriles is 1. The van der Waals surface area contributed by atoms with Crippen molar-refractivity contribution in [3.05, 3.63) is 76.5 Å². The molecule has 2 rings (SSSR count). The van der Waals surface area contributed by atoms with Gasteiger partial charge in [0, 0.05) is 17.8 Å². The maximum absolute atomic E-state index is 12.1. The van der Waals surface area contributed by atoms with E-state index in [0.717, 1.165) is 5.56 Å². The summed E-state index contributed by atoms with van der Waals surface area (Å²) in [7, 11) is 0. The standard InChI is InChI=1S/C18H15ClN4O2/c19-14-7-5-12(6-8-14)10-23-18(25)13(9-20)11-22-16-4-2-1-3-15(16)17(21)24/h1-8,11,22H,10H2,(H2,21,24)(H,23,25)/b13-11-. The third-order valence-electron chi connectivity index (χ3n) is 3.30. The number of nitrogens with two attached hydrogens (primary N) is 1. The van der Waals surface area contributed by atoms with Crippen molar-refractivity contribution in [1.82, 2.24) is 5.32 Å². The first kappa shape index (κ1) is 18.0. The van der Waals surface area contributed by atoms with Crippen LogP contribution in [0.1, 0.15) is 15.9 Å². The number of benzene rings is 2. The van der Waals surface area contributed by atoms with Crippen LogP contribution < -0.4 is 16.4 Å². The minimum absolute atomic E-state index is 0.131. The molecule has 25 heavy (non-hydrogen) atoms. The Balaban J connectivity index is 2.04. The van der Waals surface area contributed by atoms with Gasteiger partial charge in [-0.1, -0.05) is 35.9 Å². The van der Waals surface area contributed by atoms with Crippen LogP contribution in [-0.2, 0) is 11.3 Å². The largest absolute Gasteiger partial charge is 0.366 e. The smallest absolute Gasteiger partial charge is 0.263 e. The van der Waals surface area contributed by atoms with Crippen LogP contribution in [0.25, 0.3) is 0 Å². The molecular formula is C18H15ClN4O2. The number of amides is 2. The second-order valence-electron chi connectivity index (χ2n) is 5.03. The van der Waals surface area contributed by atoms with Gasteiger partial charge in [0.25, 0.3) is 11.8 Å². The lowest BCUT2D eigenvalue weighted by molar-refractivity contribution is -0.117. The topological polar surface area (TPSA) is 108 Å². The Morgan fingerprint density at radius 3 is 2.48 bits per heavy atom. The molecule has 2 aromatic carbocycles. The third-order valence-corrected chi connectivity index (χ3v) is 3.55. The number of anilines is 1. The van der Waals surface area contributed by atoms with Crippen molar-refractivity contribution in [2.45, 2.75) is 6.54 Å².